The van der Waals surface area contributed by atoms with Crippen molar-refractivity contribution in [3.8, 4) is 0 Å². The predicted octanol–water partition coefficient (Wildman–Crippen LogP) is 1.49. The third-order valence-corrected chi connectivity index (χ3v) is 1.86. The van der Waals surface area contributed by atoms with E-state index in [1.807, 2.05) is 10.5 Å². The van der Waals surface area contributed by atoms with Crippen LogP contribution in [0.1, 0.15) is 0 Å². The SMILES string of the molecule is Brc1cnc2ccncn12. The van der Waals surface area contributed by atoms with Crippen LogP contribution in [0.3, 0.4) is 0 Å². The highest BCUT2D eigenvalue weighted by Gasteiger charge is 1.95. The van der Waals surface area contributed by atoms with Crippen molar-refractivity contribution in [2.45, 2.75) is 0 Å². The summed E-state index contributed by atoms with van der Waals surface area (Å²) in [7, 11) is 0. The van der Waals surface area contributed by atoms with E-state index in [2.05, 4.69) is 25.9 Å². The first-order valence-electron chi connectivity index (χ1n) is 2.80. The maximum atomic E-state index is 4.09. The summed E-state index contributed by atoms with van der Waals surface area (Å²) in [6.45, 7) is 0. The Balaban J connectivity index is 2.93. The Hall–Kier alpha value is -0.900. The number of aromatic nitrogens is 3. The third kappa shape index (κ3) is 0.724. The summed E-state index contributed by atoms with van der Waals surface area (Å²) < 4.78 is 2.79. The van der Waals surface area contributed by atoms with Gasteiger partial charge in [0.2, 0.25) is 0 Å². The van der Waals surface area contributed by atoms with Crippen molar-refractivity contribution in [1.29, 1.82) is 0 Å². The van der Waals surface area contributed by atoms with Crippen LogP contribution >= 0.6 is 15.9 Å². The highest BCUT2D eigenvalue weighted by atomic mass is 79.9. The van der Waals surface area contributed by atoms with Crippen molar-refractivity contribution in [1.82, 2.24) is 14.4 Å². The summed E-state index contributed by atoms with van der Waals surface area (Å²) in [6.07, 6.45) is 5.18. The molecule has 3 nitrogen and oxygen atoms in total. The van der Waals surface area contributed by atoms with Gasteiger partial charge in [0, 0.05) is 6.20 Å². The molecule has 0 aliphatic carbocycles. The Morgan fingerprint density at radius 2 is 2.40 bits per heavy atom. The summed E-state index contributed by atoms with van der Waals surface area (Å²) in [4.78, 5) is 8.03. The van der Waals surface area contributed by atoms with Gasteiger partial charge in [0.15, 0.2) is 0 Å². The maximum absolute atomic E-state index is 4.09. The number of imidazole rings is 1. The van der Waals surface area contributed by atoms with E-state index in [4.69, 9.17) is 0 Å². The van der Waals surface area contributed by atoms with E-state index in [0.717, 1.165) is 10.3 Å². The van der Waals surface area contributed by atoms with Crippen LogP contribution in [0.5, 0.6) is 0 Å². The highest BCUT2D eigenvalue weighted by Crippen LogP contribution is 2.10. The van der Waals surface area contributed by atoms with Gasteiger partial charge in [-0.3, -0.25) is 4.40 Å². The van der Waals surface area contributed by atoms with Gasteiger partial charge in [0.25, 0.3) is 0 Å². The normalized spacial score (nSPS) is 10.5. The van der Waals surface area contributed by atoms with Crippen LogP contribution in [0.2, 0.25) is 0 Å². The number of fused-ring (bicyclic) bond motifs is 1. The van der Waals surface area contributed by atoms with E-state index in [9.17, 15) is 0 Å². The molecule has 0 aliphatic heterocycles. The zero-order valence-corrected chi connectivity index (χ0v) is 6.62. The lowest BCUT2D eigenvalue weighted by Crippen LogP contribution is -1.84. The van der Waals surface area contributed by atoms with Crippen molar-refractivity contribution >= 4 is 21.6 Å². The summed E-state index contributed by atoms with van der Waals surface area (Å²) in [5.41, 5.74) is 0.905. The average Bonchev–Trinajstić information content (AvgIpc) is 2.34. The van der Waals surface area contributed by atoms with Crippen molar-refractivity contribution in [3.63, 3.8) is 0 Å². The number of halogens is 1. The van der Waals surface area contributed by atoms with Crippen LogP contribution < -0.4 is 0 Å². The molecule has 0 aromatic carbocycles. The molecular formula is C6H4BrN3. The van der Waals surface area contributed by atoms with Gasteiger partial charge < -0.3 is 0 Å². The van der Waals surface area contributed by atoms with Crippen LogP contribution in [-0.2, 0) is 0 Å². The topological polar surface area (TPSA) is 30.2 Å². The lowest BCUT2D eigenvalue weighted by Gasteiger charge is -1.89. The summed E-state index contributed by atoms with van der Waals surface area (Å²) in [5.74, 6) is 0. The molecular weight excluding hydrogens is 194 g/mol. The van der Waals surface area contributed by atoms with E-state index in [0.29, 0.717) is 0 Å². The second-order valence-corrected chi connectivity index (χ2v) is 2.70. The zero-order chi connectivity index (χ0) is 6.97. The third-order valence-electron chi connectivity index (χ3n) is 1.27. The number of rotatable bonds is 0. The van der Waals surface area contributed by atoms with Gasteiger partial charge in [-0.2, -0.15) is 0 Å². The van der Waals surface area contributed by atoms with E-state index in [1.54, 1.807) is 18.7 Å². The molecule has 0 spiro atoms. The number of hydrogen-bond donors (Lipinski definition) is 0. The molecule has 0 bridgehead atoms. The Bertz CT molecular complexity index is 355. The van der Waals surface area contributed by atoms with Gasteiger partial charge in [-0.25, -0.2) is 9.97 Å². The lowest BCUT2D eigenvalue weighted by atomic mass is 10.6. The van der Waals surface area contributed by atoms with E-state index >= 15 is 0 Å². The summed E-state index contributed by atoms with van der Waals surface area (Å²) >= 11 is 3.33. The van der Waals surface area contributed by atoms with Crippen LogP contribution in [0.25, 0.3) is 5.65 Å². The largest absolute Gasteiger partial charge is 0.277 e. The zero-order valence-electron chi connectivity index (χ0n) is 5.03. The smallest absolute Gasteiger partial charge is 0.140 e. The Morgan fingerprint density at radius 1 is 1.50 bits per heavy atom. The first-order valence-corrected chi connectivity index (χ1v) is 3.60. The fourth-order valence-corrected chi connectivity index (χ4v) is 1.18. The van der Waals surface area contributed by atoms with Gasteiger partial charge in [0.1, 0.15) is 16.6 Å². The first-order chi connectivity index (χ1) is 4.88. The standard InChI is InChI=1S/C6H4BrN3/c7-5-3-9-6-1-2-8-4-10(5)6/h1-4H. The van der Waals surface area contributed by atoms with Crippen LogP contribution in [-0.4, -0.2) is 14.4 Å². The van der Waals surface area contributed by atoms with Gasteiger partial charge in [-0.05, 0) is 22.0 Å². The molecule has 0 unspecified atom stereocenters. The van der Waals surface area contributed by atoms with E-state index in [1.165, 1.54) is 0 Å². The van der Waals surface area contributed by atoms with Crippen molar-refractivity contribution in [3.05, 3.63) is 29.4 Å². The molecule has 0 saturated heterocycles. The van der Waals surface area contributed by atoms with Crippen LogP contribution in [0, 0.1) is 0 Å². The molecule has 0 radical (unpaired) electrons. The molecule has 2 aromatic heterocycles. The minimum absolute atomic E-state index is 0.905. The molecule has 2 rings (SSSR count). The van der Waals surface area contributed by atoms with Gasteiger partial charge >= 0.3 is 0 Å². The fraction of sp³-hybridized carbons (Fsp3) is 0. The van der Waals surface area contributed by atoms with Crippen molar-refractivity contribution in [2.75, 3.05) is 0 Å². The van der Waals surface area contributed by atoms with Gasteiger partial charge in [0.05, 0.1) is 6.20 Å². The monoisotopic (exact) mass is 197 g/mol. The summed E-state index contributed by atoms with van der Waals surface area (Å²) in [5, 5.41) is 0. The molecule has 0 aliphatic rings. The number of hydrogen-bond acceptors (Lipinski definition) is 2. The second-order valence-electron chi connectivity index (χ2n) is 1.89. The van der Waals surface area contributed by atoms with Crippen molar-refractivity contribution < 1.29 is 0 Å². The Morgan fingerprint density at radius 3 is 3.20 bits per heavy atom. The van der Waals surface area contributed by atoms with Crippen LogP contribution in [0.15, 0.2) is 29.4 Å². The average molecular weight is 198 g/mol. The molecule has 50 valence electrons. The predicted molar refractivity (Wildman–Crippen MR) is 40.7 cm³/mol. The van der Waals surface area contributed by atoms with Crippen LogP contribution in [0.4, 0.5) is 0 Å². The van der Waals surface area contributed by atoms with Crippen molar-refractivity contribution in [2.24, 2.45) is 0 Å². The molecule has 0 amide bonds. The minimum Gasteiger partial charge on any atom is -0.277 e. The Labute approximate surface area is 65.9 Å². The second kappa shape index (κ2) is 2.05. The quantitative estimate of drug-likeness (QED) is 0.641. The van der Waals surface area contributed by atoms with E-state index < -0.39 is 0 Å². The molecule has 0 atom stereocenters. The lowest BCUT2D eigenvalue weighted by molar-refractivity contribution is 1.06. The molecule has 0 saturated carbocycles. The number of nitrogens with zero attached hydrogens (tertiary/aromatic N) is 3. The minimum atomic E-state index is 0.905. The first kappa shape index (κ1) is 5.85. The fourth-order valence-electron chi connectivity index (χ4n) is 0.806. The molecule has 10 heavy (non-hydrogen) atoms. The highest BCUT2D eigenvalue weighted by molar-refractivity contribution is 9.10. The summed E-state index contributed by atoms with van der Waals surface area (Å²) in [6, 6.07) is 1.85. The molecule has 4 heteroatoms. The molecule has 0 N–H and O–H groups in total. The molecule has 2 heterocycles. The molecule has 2 aromatic rings. The van der Waals surface area contributed by atoms with Gasteiger partial charge in [-0.1, -0.05) is 0 Å². The maximum Gasteiger partial charge on any atom is 0.140 e. The Kier molecular flexibility index (Phi) is 1.20. The van der Waals surface area contributed by atoms with E-state index in [-0.39, 0.29) is 0 Å². The molecule has 0 fully saturated rings. The van der Waals surface area contributed by atoms with Gasteiger partial charge in [-0.15, -0.1) is 0 Å².